The largest absolute Gasteiger partial charge is 0.502 e. The Morgan fingerprint density at radius 1 is 1.03 bits per heavy atom. The Kier molecular flexibility index (Phi) is 3.98. The van der Waals surface area contributed by atoms with Gasteiger partial charge in [-0.15, -0.1) is 0 Å². The van der Waals surface area contributed by atoms with Crippen molar-refractivity contribution in [2.24, 2.45) is 7.05 Å². The van der Waals surface area contributed by atoms with Crippen molar-refractivity contribution in [1.82, 2.24) is 14.3 Å². The highest BCUT2D eigenvalue weighted by atomic mass is 19.4. The predicted molar refractivity (Wildman–Crippen MR) is 108 cm³/mol. The van der Waals surface area contributed by atoms with E-state index in [-0.39, 0.29) is 5.76 Å². The van der Waals surface area contributed by atoms with E-state index in [1.807, 2.05) is 12.3 Å². The summed E-state index contributed by atoms with van der Waals surface area (Å²) in [6.07, 6.45) is -1.62. The third-order valence-electron chi connectivity index (χ3n) is 5.10. The molecule has 6 nitrogen and oxygen atoms in total. The van der Waals surface area contributed by atoms with Crippen molar-refractivity contribution in [3.63, 3.8) is 0 Å². The highest BCUT2D eigenvalue weighted by Crippen LogP contribution is 2.35. The zero-order chi connectivity index (χ0) is 21.9. The Labute approximate surface area is 172 Å². The second-order valence-electron chi connectivity index (χ2n) is 7.15. The second kappa shape index (κ2) is 6.49. The number of aromatic hydroxyl groups is 1. The predicted octanol–water partition coefficient (Wildman–Crippen LogP) is 4.86. The van der Waals surface area contributed by atoms with Crippen molar-refractivity contribution >= 4 is 21.9 Å². The Morgan fingerprint density at radius 3 is 2.45 bits per heavy atom. The third-order valence-corrected chi connectivity index (χ3v) is 5.10. The molecule has 2 aromatic carbocycles. The summed E-state index contributed by atoms with van der Waals surface area (Å²) in [6, 6.07) is 11.4. The van der Waals surface area contributed by atoms with Gasteiger partial charge in [0.05, 0.1) is 11.1 Å². The van der Waals surface area contributed by atoms with Crippen LogP contribution in [-0.4, -0.2) is 19.5 Å². The molecule has 0 spiro atoms. The van der Waals surface area contributed by atoms with E-state index in [1.165, 1.54) is 18.2 Å². The number of hydrogen-bond acceptors (Lipinski definition) is 4. The summed E-state index contributed by atoms with van der Waals surface area (Å²) in [4.78, 5) is 11.8. The fourth-order valence-corrected chi connectivity index (χ4v) is 3.66. The smallest absolute Gasteiger partial charge is 0.416 e. The monoisotopic (exact) mass is 425 g/mol. The van der Waals surface area contributed by atoms with Crippen molar-refractivity contribution in [1.29, 1.82) is 0 Å². The molecular weight excluding hydrogens is 411 g/mol. The number of benzene rings is 2. The van der Waals surface area contributed by atoms with Crippen LogP contribution in [0.3, 0.4) is 0 Å². The number of halogens is 3. The highest BCUT2D eigenvalue weighted by molar-refractivity contribution is 6.09. The van der Waals surface area contributed by atoms with Gasteiger partial charge in [-0.2, -0.15) is 18.3 Å². The number of nitrogens with zero attached hydrogens (tertiary/aromatic N) is 3. The van der Waals surface area contributed by atoms with E-state index in [0.717, 1.165) is 34.7 Å². The molecule has 9 heteroatoms. The van der Waals surface area contributed by atoms with E-state index < -0.39 is 22.9 Å². The molecule has 0 bridgehead atoms. The Bertz CT molecular complexity index is 1510. The first kappa shape index (κ1) is 19.0. The minimum atomic E-state index is -4.42. The topological polar surface area (TPSA) is 73.2 Å². The zero-order valence-electron chi connectivity index (χ0n) is 16.0. The number of alkyl halides is 3. The van der Waals surface area contributed by atoms with E-state index >= 15 is 0 Å². The number of aromatic nitrogens is 3. The lowest BCUT2D eigenvalue weighted by Gasteiger charge is -2.10. The lowest BCUT2D eigenvalue weighted by atomic mass is 10.1. The first-order valence-corrected chi connectivity index (χ1v) is 9.20. The summed E-state index contributed by atoms with van der Waals surface area (Å²) in [5.74, 6) is -0.197. The number of aryl methyl sites for hydroxylation is 1. The maximum Gasteiger partial charge on any atom is 0.416 e. The standard InChI is InChI=1S/C22H14F3N3O3/c1-27-10-16-15-8-12(20-9-18(29)19(30)11-31-20)2-7-17(15)28(21(16)26-27)14-5-3-13(4-6-14)22(23,24)25/h2-11,30H,1H3. The van der Waals surface area contributed by atoms with Crippen molar-refractivity contribution in [2.75, 3.05) is 0 Å². The molecule has 0 aliphatic rings. The van der Waals surface area contributed by atoms with Gasteiger partial charge >= 0.3 is 6.18 Å². The van der Waals surface area contributed by atoms with E-state index in [4.69, 9.17) is 4.42 Å². The van der Waals surface area contributed by atoms with E-state index in [9.17, 15) is 23.1 Å². The molecule has 0 radical (unpaired) electrons. The molecule has 0 fully saturated rings. The molecule has 3 aromatic heterocycles. The molecule has 0 atom stereocenters. The SMILES string of the molecule is Cn1cc2c3cc(-c4cc(=O)c(O)co4)ccc3n(-c3ccc(C(F)(F)F)cc3)c2n1. The van der Waals surface area contributed by atoms with Gasteiger partial charge in [0.15, 0.2) is 11.4 Å². The third kappa shape index (κ3) is 3.05. The van der Waals surface area contributed by atoms with Gasteiger partial charge in [-0.05, 0) is 42.5 Å². The first-order chi connectivity index (χ1) is 14.7. The molecule has 1 N–H and O–H groups in total. The number of hydrogen-bond donors (Lipinski definition) is 1. The molecule has 5 aromatic rings. The van der Waals surface area contributed by atoms with E-state index in [0.29, 0.717) is 16.9 Å². The minimum Gasteiger partial charge on any atom is -0.502 e. The maximum atomic E-state index is 13.0. The van der Waals surface area contributed by atoms with Gasteiger partial charge in [0.2, 0.25) is 5.43 Å². The molecule has 0 aliphatic carbocycles. The van der Waals surface area contributed by atoms with E-state index in [2.05, 4.69) is 5.10 Å². The quantitative estimate of drug-likeness (QED) is 0.438. The van der Waals surface area contributed by atoms with Crippen LogP contribution in [0.4, 0.5) is 13.2 Å². The van der Waals surface area contributed by atoms with Crippen LogP contribution in [0.25, 0.3) is 38.9 Å². The van der Waals surface area contributed by atoms with Crippen LogP contribution in [0.15, 0.2) is 70.2 Å². The lowest BCUT2D eigenvalue weighted by Crippen LogP contribution is -2.05. The fraction of sp³-hybridized carbons (Fsp3) is 0.0909. The van der Waals surface area contributed by atoms with Crippen molar-refractivity contribution < 1.29 is 22.7 Å². The van der Waals surface area contributed by atoms with Crippen LogP contribution >= 0.6 is 0 Å². The summed E-state index contributed by atoms with van der Waals surface area (Å²) < 4.78 is 47.6. The molecular formula is C22H14F3N3O3. The van der Waals surface area contributed by atoms with Crippen molar-refractivity contribution in [3.8, 4) is 22.8 Å². The molecule has 0 amide bonds. The average Bonchev–Trinajstić information content (AvgIpc) is 3.24. The molecule has 0 saturated heterocycles. The lowest BCUT2D eigenvalue weighted by molar-refractivity contribution is -0.137. The molecule has 31 heavy (non-hydrogen) atoms. The maximum absolute atomic E-state index is 13.0. The summed E-state index contributed by atoms with van der Waals surface area (Å²) in [7, 11) is 1.76. The van der Waals surface area contributed by atoms with Gasteiger partial charge < -0.3 is 9.52 Å². The molecule has 5 rings (SSSR count). The van der Waals surface area contributed by atoms with Gasteiger partial charge in [0.1, 0.15) is 12.0 Å². The molecule has 3 heterocycles. The first-order valence-electron chi connectivity index (χ1n) is 9.20. The van der Waals surface area contributed by atoms with Crippen LogP contribution in [0.2, 0.25) is 0 Å². The Balaban J connectivity index is 1.73. The Morgan fingerprint density at radius 2 is 1.77 bits per heavy atom. The minimum absolute atomic E-state index is 0.282. The summed E-state index contributed by atoms with van der Waals surface area (Å²) in [5.41, 5.74) is 1.18. The van der Waals surface area contributed by atoms with Crippen LogP contribution in [0.1, 0.15) is 5.56 Å². The van der Waals surface area contributed by atoms with Gasteiger partial charge in [0.25, 0.3) is 0 Å². The van der Waals surface area contributed by atoms with Gasteiger partial charge in [-0.1, -0.05) is 0 Å². The summed E-state index contributed by atoms with van der Waals surface area (Å²) >= 11 is 0. The second-order valence-corrected chi connectivity index (χ2v) is 7.15. The summed E-state index contributed by atoms with van der Waals surface area (Å²) in [5, 5.41) is 15.5. The van der Waals surface area contributed by atoms with Crippen molar-refractivity contribution in [2.45, 2.75) is 6.18 Å². The van der Waals surface area contributed by atoms with Crippen LogP contribution in [0.5, 0.6) is 5.75 Å². The zero-order valence-corrected chi connectivity index (χ0v) is 16.0. The normalized spacial score (nSPS) is 12.1. The number of fused-ring (bicyclic) bond motifs is 3. The number of rotatable bonds is 2. The molecule has 156 valence electrons. The Hall–Kier alpha value is -4.01. The average molecular weight is 425 g/mol. The highest BCUT2D eigenvalue weighted by Gasteiger charge is 2.30. The van der Waals surface area contributed by atoms with Gasteiger partial charge in [-0.25, -0.2) is 0 Å². The van der Waals surface area contributed by atoms with Crippen LogP contribution < -0.4 is 5.43 Å². The molecule has 0 unspecified atom stereocenters. The van der Waals surface area contributed by atoms with Gasteiger partial charge in [-0.3, -0.25) is 14.0 Å². The fourth-order valence-electron chi connectivity index (χ4n) is 3.66. The molecule has 0 saturated carbocycles. The van der Waals surface area contributed by atoms with Crippen molar-refractivity contribution in [3.05, 3.63) is 76.8 Å². The van der Waals surface area contributed by atoms with E-state index in [1.54, 1.807) is 28.4 Å². The van der Waals surface area contributed by atoms with Gasteiger partial charge in [0, 0.05) is 41.3 Å². The van der Waals surface area contributed by atoms with Crippen LogP contribution in [0, 0.1) is 0 Å². The van der Waals surface area contributed by atoms with Crippen LogP contribution in [-0.2, 0) is 13.2 Å². The molecule has 0 aliphatic heterocycles. The summed E-state index contributed by atoms with van der Waals surface area (Å²) in [6.45, 7) is 0.